The zero-order valence-electron chi connectivity index (χ0n) is 15.9. The van der Waals surface area contributed by atoms with Crippen LogP contribution in [0.25, 0.3) is 11.3 Å². The SMILES string of the molecule is Cn1cc(NC(=O)N2c3nc(-c4cccc(C#N)c4)ccc3N3CC[C@H]2C3)cn1. The quantitative estimate of drug-likeness (QED) is 0.732. The summed E-state index contributed by atoms with van der Waals surface area (Å²) < 4.78 is 1.65. The van der Waals surface area contributed by atoms with Crippen molar-refractivity contribution < 1.29 is 4.79 Å². The van der Waals surface area contributed by atoms with Crippen LogP contribution in [-0.2, 0) is 7.05 Å². The molecule has 1 fully saturated rings. The van der Waals surface area contributed by atoms with E-state index in [1.54, 1.807) is 28.0 Å². The molecule has 8 nitrogen and oxygen atoms in total. The molecule has 144 valence electrons. The lowest BCUT2D eigenvalue weighted by Crippen LogP contribution is -2.48. The van der Waals surface area contributed by atoms with E-state index in [4.69, 9.17) is 4.98 Å². The van der Waals surface area contributed by atoms with E-state index in [9.17, 15) is 10.1 Å². The highest BCUT2D eigenvalue weighted by Crippen LogP contribution is 2.40. The molecule has 2 bridgehead atoms. The van der Waals surface area contributed by atoms with Gasteiger partial charge in [0.2, 0.25) is 0 Å². The van der Waals surface area contributed by atoms with Gasteiger partial charge in [-0.2, -0.15) is 10.4 Å². The molecule has 1 aromatic carbocycles. The van der Waals surface area contributed by atoms with E-state index < -0.39 is 0 Å². The fourth-order valence-corrected chi connectivity index (χ4v) is 4.05. The highest BCUT2D eigenvalue weighted by molar-refractivity contribution is 6.04. The minimum Gasteiger partial charge on any atom is -0.366 e. The number of nitriles is 1. The van der Waals surface area contributed by atoms with Crippen molar-refractivity contribution >= 4 is 23.2 Å². The number of anilines is 3. The number of carbonyl (C=O) groups is 1. The molecule has 1 saturated heterocycles. The standard InChI is InChI=1S/C21H19N7O/c1-26-12-16(11-23-26)24-21(29)28-17-7-8-27(13-17)19-6-5-18(25-20(19)28)15-4-2-3-14(9-15)10-22/h2-6,9,11-12,17H,7-8,13H2,1H3,(H,24,29)/t17-/m0/s1. The van der Waals surface area contributed by atoms with Gasteiger partial charge >= 0.3 is 6.03 Å². The first-order chi connectivity index (χ1) is 14.1. The number of benzene rings is 1. The Hall–Kier alpha value is -3.86. The Bertz CT molecular complexity index is 1150. The van der Waals surface area contributed by atoms with E-state index in [-0.39, 0.29) is 12.1 Å². The van der Waals surface area contributed by atoms with E-state index >= 15 is 0 Å². The van der Waals surface area contributed by atoms with Crippen LogP contribution >= 0.6 is 0 Å². The lowest BCUT2D eigenvalue weighted by molar-refractivity contribution is 0.255. The lowest BCUT2D eigenvalue weighted by Gasteiger charge is -2.35. The molecule has 2 amide bonds. The van der Waals surface area contributed by atoms with Crippen molar-refractivity contribution in [2.45, 2.75) is 12.5 Å². The molecular formula is C21H19N7O. The predicted octanol–water partition coefficient (Wildman–Crippen LogP) is 2.98. The van der Waals surface area contributed by atoms with Crippen molar-refractivity contribution in [3.63, 3.8) is 0 Å². The van der Waals surface area contributed by atoms with E-state index in [0.717, 1.165) is 36.5 Å². The van der Waals surface area contributed by atoms with Crippen LogP contribution in [-0.4, -0.2) is 39.9 Å². The van der Waals surface area contributed by atoms with Crippen LogP contribution < -0.4 is 15.1 Å². The largest absolute Gasteiger partial charge is 0.366 e. The van der Waals surface area contributed by atoms with Gasteiger partial charge in [-0.05, 0) is 30.7 Å². The number of hydrogen-bond donors (Lipinski definition) is 1. The van der Waals surface area contributed by atoms with E-state index in [1.807, 2.05) is 37.4 Å². The Morgan fingerprint density at radius 1 is 1.31 bits per heavy atom. The number of aryl methyl sites for hydroxylation is 1. The highest BCUT2D eigenvalue weighted by Gasteiger charge is 2.40. The van der Waals surface area contributed by atoms with E-state index in [2.05, 4.69) is 21.4 Å². The molecule has 0 radical (unpaired) electrons. The van der Waals surface area contributed by atoms with E-state index in [0.29, 0.717) is 17.1 Å². The maximum absolute atomic E-state index is 13.2. The van der Waals surface area contributed by atoms with Gasteiger partial charge in [-0.25, -0.2) is 9.78 Å². The molecule has 5 rings (SSSR count). The second-order valence-corrected chi connectivity index (χ2v) is 7.32. The molecule has 0 saturated carbocycles. The first kappa shape index (κ1) is 17.3. The molecule has 0 aliphatic carbocycles. The zero-order valence-corrected chi connectivity index (χ0v) is 15.9. The van der Waals surface area contributed by atoms with Crippen LogP contribution in [0.1, 0.15) is 12.0 Å². The molecule has 0 spiro atoms. The topological polar surface area (TPSA) is 90.1 Å². The number of aromatic nitrogens is 3. The first-order valence-electron chi connectivity index (χ1n) is 9.48. The van der Waals surface area contributed by atoms with Crippen molar-refractivity contribution in [1.29, 1.82) is 5.26 Å². The predicted molar refractivity (Wildman–Crippen MR) is 110 cm³/mol. The molecule has 29 heavy (non-hydrogen) atoms. The maximum atomic E-state index is 13.2. The van der Waals surface area contributed by atoms with Gasteiger partial charge in [0.1, 0.15) is 0 Å². The van der Waals surface area contributed by atoms with Crippen molar-refractivity contribution in [3.8, 4) is 17.3 Å². The van der Waals surface area contributed by atoms with Crippen LogP contribution in [0.2, 0.25) is 0 Å². The Labute approximate surface area is 168 Å². The van der Waals surface area contributed by atoms with Crippen molar-refractivity contribution in [2.24, 2.45) is 7.05 Å². The average molecular weight is 385 g/mol. The summed E-state index contributed by atoms with van der Waals surface area (Å²) in [6, 6.07) is 13.3. The minimum absolute atomic E-state index is 0.0763. The molecule has 2 aliphatic heterocycles. The van der Waals surface area contributed by atoms with Gasteiger partial charge < -0.3 is 10.2 Å². The van der Waals surface area contributed by atoms with Gasteiger partial charge in [-0.1, -0.05) is 12.1 Å². The van der Waals surface area contributed by atoms with Crippen molar-refractivity contribution in [2.75, 3.05) is 28.2 Å². The van der Waals surface area contributed by atoms with Gasteiger partial charge in [0.25, 0.3) is 0 Å². The Balaban J connectivity index is 1.54. The number of fused-ring (bicyclic) bond motifs is 4. The molecule has 8 heteroatoms. The Kier molecular flexibility index (Phi) is 3.95. The number of rotatable bonds is 2. The number of hydrogen-bond acceptors (Lipinski definition) is 5. The van der Waals surface area contributed by atoms with Crippen LogP contribution in [0.3, 0.4) is 0 Å². The first-order valence-corrected chi connectivity index (χ1v) is 9.48. The zero-order chi connectivity index (χ0) is 20.0. The normalized spacial score (nSPS) is 17.0. The molecule has 2 aromatic heterocycles. The summed E-state index contributed by atoms with van der Waals surface area (Å²) in [5.74, 6) is 0.653. The minimum atomic E-state index is -0.207. The third-order valence-corrected chi connectivity index (χ3v) is 5.41. The maximum Gasteiger partial charge on any atom is 0.327 e. The molecule has 1 atom stereocenters. The molecule has 3 aromatic rings. The molecule has 0 unspecified atom stereocenters. The number of amides is 2. The summed E-state index contributed by atoms with van der Waals surface area (Å²) in [5, 5.41) is 16.2. The number of nitrogens with one attached hydrogen (secondary N) is 1. The fraction of sp³-hybridized carbons (Fsp3) is 0.238. The lowest BCUT2D eigenvalue weighted by atomic mass is 10.1. The summed E-state index contributed by atoms with van der Waals surface area (Å²) in [5.41, 5.74) is 3.78. The number of urea groups is 1. The van der Waals surface area contributed by atoms with Crippen LogP contribution in [0.4, 0.5) is 22.0 Å². The summed E-state index contributed by atoms with van der Waals surface area (Å²) >= 11 is 0. The van der Waals surface area contributed by atoms with Gasteiger partial charge in [0, 0.05) is 31.9 Å². The summed E-state index contributed by atoms with van der Waals surface area (Å²) in [7, 11) is 1.81. The Morgan fingerprint density at radius 2 is 2.21 bits per heavy atom. The summed E-state index contributed by atoms with van der Waals surface area (Å²) in [6.07, 6.45) is 4.29. The van der Waals surface area contributed by atoms with E-state index in [1.165, 1.54) is 0 Å². The molecule has 4 heterocycles. The number of carbonyl (C=O) groups excluding carboxylic acids is 1. The molecular weight excluding hydrogens is 366 g/mol. The van der Waals surface area contributed by atoms with Crippen LogP contribution in [0.15, 0.2) is 48.8 Å². The van der Waals surface area contributed by atoms with Crippen LogP contribution in [0, 0.1) is 11.3 Å². The van der Waals surface area contributed by atoms with Crippen molar-refractivity contribution in [3.05, 3.63) is 54.4 Å². The Morgan fingerprint density at radius 3 is 3.00 bits per heavy atom. The second kappa shape index (κ2) is 6.63. The molecule has 2 aliphatic rings. The number of pyridine rings is 1. The molecule has 1 N–H and O–H groups in total. The fourth-order valence-electron chi connectivity index (χ4n) is 4.05. The smallest absolute Gasteiger partial charge is 0.327 e. The monoisotopic (exact) mass is 385 g/mol. The van der Waals surface area contributed by atoms with Gasteiger partial charge in [0.15, 0.2) is 5.82 Å². The summed E-state index contributed by atoms with van der Waals surface area (Å²) in [4.78, 5) is 22.0. The second-order valence-electron chi connectivity index (χ2n) is 7.32. The van der Waals surface area contributed by atoms with Crippen molar-refractivity contribution in [1.82, 2.24) is 14.8 Å². The number of nitrogens with zero attached hydrogens (tertiary/aromatic N) is 6. The van der Waals surface area contributed by atoms with Gasteiger partial charge in [0.05, 0.1) is 40.9 Å². The highest BCUT2D eigenvalue weighted by atomic mass is 16.2. The summed E-state index contributed by atoms with van der Waals surface area (Å²) in [6.45, 7) is 1.71. The van der Waals surface area contributed by atoms with Gasteiger partial charge in [-0.3, -0.25) is 9.58 Å². The van der Waals surface area contributed by atoms with Gasteiger partial charge in [-0.15, -0.1) is 0 Å². The average Bonchev–Trinajstić information content (AvgIpc) is 3.34. The third-order valence-electron chi connectivity index (χ3n) is 5.41. The third kappa shape index (κ3) is 2.97. The van der Waals surface area contributed by atoms with Crippen LogP contribution in [0.5, 0.6) is 0 Å².